The first kappa shape index (κ1) is 28.8. The van der Waals surface area contributed by atoms with Crippen LogP contribution in [-0.4, -0.2) is 73.2 Å². The predicted molar refractivity (Wildman–Crippen MR) is 132 cm³/mol. The van der Waals surface area contributed by atoms with Crippen molar-refractivity contribution in [1.29, 1.82) is 0 Å². The van der Waals surface area contributed by atoms with E-state index in [-0.39, 0.29) is 23.6 Å². The Morgan fingerprint density at radius 3 is 2.33 bits per heavy atom. The van der Waals surface area contributed by atoms with Crippen LogP contribution in [-0.2, 0) is 20.9 Å². The normalized spacial score (nSPS) is 24.5. The Morgan fingerprint density at radius 2 is 1.74 bits per heavy atom. The van der Waals surface area contributed by atoms with E-state index < -0.39 is 66.0 Å². The number of ketones is 1. The number of aliphatic hydroxyl groups is 3. The molecule has 3 aromatic rings. The minimum atomic E-state index is -1.64. The van der Waals surface area contributed by atoms with Gasteiger partial charge in [-0.25, -0.2) is 17.9 Å². The summed E-state index contributed by atoms with van der Waals surface area (Å²) in [7, 11) is 0. The summed E-state index contributed by atoms with van der Waals surface area (Å²) in [6.07, 6.45) is -5.78. The van der Waals surface area contributed by atoms with Gasteiger partial charge in [-0.05, 0) is 17.7 Å². The van der Waals surface area contributed by atoms with Crippen LogP contribution in [0.1, 0.15) is 32.4 Å². The van der Waals surface area contributed by atoms with Crippen LogP contribution in [0, 0.1) is 22.9 Å². The van der Waals surface area contributed by atoms with Crippen LogP contribution in [0.5, 0.6) is 0 Å². The number of rotatable bonds is 8. The van der Waals surface area contributed by atoms with E-state index in [1.165, 1.54) is 6.20 Å². The van der Waals surface area contributed by atoms with Crippen molar-refractivity contribution in [3.05, 3.63) is 71.7 Å². The third kappa shape index (κ3) is 6.04. The van der Waals surface area contributed by atoms with E-state index in [9.17, 15) is 33.3 Å². The number of aliphatic hydroxyl groups excluding tert-OH is 3. The molecule has 3 N–H and O–H groups in total. The van der Waals surface area contributed by atoms with Crippen LogP contribution in [0.2, 0.25) is 0 Å². The zero-order valence-corrected chi connectivity index (χ0v) is 21.5. The van der Waals surface area contributed by atoms with Crippen molar-refractivity contribution in [1.82, 2.24) is 15.0 Å². The maximum absolute atomic E-state index is 13.8. The predicted octanol–water partition coefficient (Wildman–Crippen LogP) is 2.59. The third-order valence-corrected chi connectivity index (χ3v) is 6.59. The maximum Gasteiger partial charge on any atom is 0.194 e. The number of benzene rings is 2. The lowest BCUT2D eigenvalue weighted by atomic mass is 9.81. The summed E-state index contributed by atoms with van der Waals surface area (Å²) >= 11 is 0. The molecule has 2 unspecified atom stereocenters. The summed E-state index contributed by atoms with van der Waals surface area (Å²) in [5.74, 6) is -4.87. The van der Waals surface area contributed by atoms with E-state index in [4.69, 9.17) is 9.47 Å². The molecule has 0 amide bonds. The number of hydrogen-bond donors (Lipinski definition) is 3. The summed E-state index contributed by atoms with van der Waals surface area (Å²) in [6.45, 7) is 4.41. The van der Waals surface area contributed by atoms with Gasteiger partial charge in [-0.3, -0.25) is 4.79 Å². The molecule has 0 radical (unpaired) electrons. The number of aromatic nitrogens is 3. The Balaban J connectivity index is 1.68. The summed E-state index contributed by atoms with van der Waals surface area (Å²) < 4.78 is 53.8. The van der Waals surface area contributed by atoms with Gasteiger partial charge in [0.25, 0.3) is 0 Å². The fourth-order valence-corrected chi connectivity index (χ4v) is 4.46. The molecule has 0 spiro atoms. The quantitative estimate of drug-likeness (QED) is 0.366. The first-order chi connectivity index (χ1) is 18.4. The van der Waals surface area contributed by atoms with Crippen LogP contribution in [0.25, 0.3) is 11.3 Å². The van der Waals surface area contributed by atoms with Gasteiger partial charge < -0.3 is 24.8 Å². The lowest BCUT2D eigenvalue weighted by molar-refractivity contribution is -0.236. The number of nitrogens with zero attached hydrogens (tertiary/aromatic N) is 3. The largest absolute Gasteiger partial charge is 0.394 e. The molecule has 1 aliphatic heterocycles. The van der Waals surface area contributed by atoms with Gasteiger partial charge in [-0.2, -0.15) is 0 Å². The molecule has 0 saturated carbocycles. The monoisotopic (exact) mass is 549 g/mol. The van der Waals surface area contributed by atoms with Gasteiger partial charge in [0, 0.05) is 11.0 Å². The first-order valence-corrected chi connectivity index (χ1v) is 12.3. The molecule has 6 atom stereocenters. The van der Waals surface area contributed by atoms with E-state index in [0.29, 0.717) is 0 Å². The second kappa shape index (κ2) is 11.5. The van der Waals surface area contributed by atoms with Crippen LogP contribution in [0.4, 0.5) is 13.2 Å². The molecule has 1 saturated heterocycles. The Kier molecular flexibility index (Phi) is 8.52. The van der Waals surface area contributed by atoms with E-state index in [0.717, 1.165) is 22.4 Å². The fraction of sp³-hybridized carbons (Fsp3) is 0.444. The van der Waals surface area contributed by atoms with Crippen LogP contribution in [0.3, 0.4) is 0 Å². The Hall–Kier alpha value is -3.16. The number of hydrogen-bond acceptors (Lipinski definition) is 8. The van der Waals surface area contributed by atoms with Gasteiger partial charge in [0.05, 0.1) is 19.4 Å². The van der Waals surface area contributed by atoms with E-state index >= 15 is 0 Å². The molecule has 4 rings (SSSR count). The molecule has 39 heavy (non-hydrogen) atoms. The Bertz CT molecular complexity index is 1280. The van der Waals surface area contributed by atoms with E-state index in [1.54, 1.807) is 45.0 Å². The molecule has 210 valence electrons. The second-order valence-corrected chi connectivity index (χ2v) is 10.5. The highest BCUT2D eigenvalue weighted by atomic mass is 19.2. The minimum absolute atomic E-state index is 0.0199. The number of halogens is 3. The Labute approximate surface area is 222 Å². The molecule has 2 heterocycles. The summed E-state index contributed by atoms with van der Waals surface area (Å²) in [5.41, 5.74) is -0.333. The van der Waals surface area contributed by atoms with Crippen LogP contribution in [0.15, 0.2) is 48.7 Å². The van der Waals surface area contributed by atoms with Crippen molar-refractivity contribution in [2.45, 2.75) is 63.9 Å². The number of carbonyl (C=O) groups is 1. The smallest absolute Gasteiger partial charge is 0.194 e. The zero-order chi connectivity index (χ0) is 28.5. The highest BCUT2D eigenvalue weighted by Crippen LogP contribution is 2.35. The van der Waals surface area contributed by atoms with Gasteiger partial charge in [-0.15, -0.1) is 5.10 Å². The molecule has 1 aromatic heterocycles. The van der Waals surface area contributed by atoms with Gasteiger partial charge in [0.15, 0.2) is 23.2 Å². The SMILES string of the molecule is CC(C)(C)C(=O)[C@@H](OCc1ccccc1)[C@@H]1OC(CO)[C@H](O)[C@H](n2cc(-c3cc(F)c(F)c(F)c3)nn2)C1O. The standard InChI is InChI=1S/C27H30F3N3O6/c1-27(2,3)26(37)25(38-13-14-7-5-4-6-8-14)24-23(36)21(22(35)19(12-34)39-24)33-11-18(31-32-33)15-9-16(28)20(30)17(29)10-15/h4-11,19,21-25,34-36H,12-13H2,1-3H3/t19?,21-,22-,23?,24+,25-/m0/s1. The molecule has 12 heteroatoms. The van der Waals surface area contributed by atoms with Gasteiger partial charge in [-0.1, -0.05) is 56.3 Å². The summed E-state index contributed by atoms with van der Waals surface area (Å²) in [5, 5.41) is 40.0. The topological polar surface area (TPSA) is 127 Å². The van der Waals surface area contributed by atoms with Gasteiger partial charge in [0.2, 0.25) is 0 Å². The van der Waals surface area contributed by atoms with Crippen LogP contribution >= 0.6 is 0 Å². The molecular formula is C27H30F3N3O6. The molecule has 2 aromatic carbocycles. The maximum atomic E-state index is 13.8. The van der Waals surface area contributed by atoms with Crippen molar-refractivity contribution in [3.8, 4) is 11.3 Å². The minimum Gasteiger partial charge on any atom is -0.394 e. The molecule has 1 aliphatic rings. The van der Waals surface area contributed by atoms with Crippen molar-refractivity contribution in [3.63, 3.8) is 0 Å². The van der Waals surface area contributed by atoms with Gasteiger partial charge >= 0.3 is 0 Å². The van der Waals surface area contributed by atoms with Crippen molar-refractivity contribution < 1.29 is 42.8 Å². The molecule has 1 fully saturated rings. The third-order valence-electron chi connectivity index (χ3n) is 6.59. The highest BCUT2D eigenvalue weighted by Gasteiger charge is 2.51. The Morgan fingerprint density at radius 1 is 1.10 bits per heavy atom. The van der Waals surface area contributed by atoms with Crippen molar-refractivity contribution in [2.24, 2.45) is 5.41 Å². The lowest BCUT2D eigenvalue weighted by Crippen LogP contribution is -2.61. The zero-order valence-electron chi connectivity index (χ0n) is 21.5. The average molecular weight is 550 g/mol. The highest BCUT2D eigenvalue weighted by molar-refractivity contribution is 5.88. The van der Waals surface area contributed by atoms with E-state index in [1.807, 2.05) is 6.07 Å². The van der Waals surface area contributed by atoms with Crippen LogP contribution < -0.4 is 0 Å². The molecule has 9 nitrogen and oxygen atoms in total. The fourth-order valence-electron chi connectivity index (χ4n) is 4.46. The van der Waals surface area contributed by atoms with Crippen molar-refractivity contribution in [2.75, 3.05) is 6.61 Å². The number of Topliss-reactive ketones (excluding diaryl/α,β-unsaturated/α-hetero) is 1. The van der Waals surface area contributed by atoms with Gasteiger partial charge in [0.1, 0.15) is 42.3 Å². The first-order valence-electron chi connectivity index (χ1n) is 12.3. The van der Waals surface area contributed by atoms with E-state index in [2.05, 4.69) is 10.3 Å². The average Bonchev–Trinajstić information content (AvgIpc) is 3.38. The number of ether oxygens (including phenoxy) is 2. The summed E-state index contributed by atoms with van der Waals surface area (Å²) in [6, 6.07) is 9.22. The lowest BCUT2D eigenvalue weighted by Gasteiger charge is -2.45. The number of carbonyl (C=O) groups excluding carboxylic acids is 1. The second-order valence-electron chi connectivity index (χ2n) is 10.5. The summed E-state index contributed by atoms with van der Waals surface area (Å²) in [4.78, 5) is 13.5. The van der Waals surface area contributed by atoms with Crippen molar-refractivity contribution >= 4 is 5.78 Å². The molecule has 0 bridgehead atoms. The molecular weight excluding hydrogens is 519 g/mol. The molecule has 0 aliphatic carbocycles.